The van der Waals surface area contributed by atoms with Crippen molar-refractivity contribution in [3.05, 3.63) is 59.9 Å². The summed E-state index contributed by atoms with van der Waals surface area (Å²) in [6.07, 6.45) is -0.592. The number of nitrogens with one attached hydrogen (secondary N) is 1. The van der Waals surface area contributed by atoms with Crippen LogP contribution < -0.4 is 5.32 Å². The van der Waals surface area contributed by atoms with Crippen molar-refractivity contribution in [2.45, 2.75) is 30.8 Å². The van der Waals surface area contributed by atoms with Gasteiger partial charge < -0.3 is 10.1 Å². The van der Waals surface area contributed by atoms with Crippen LogP contribution in [0.2, 0.25) is 0 Å². The standard InChI is InChI=1S/C21H21F3N2O5S/c1-13(20(27)25-19-11-16(23)6-9-18(19)24)31-21(28)14-3-2-10-26(12-14)32(29,30)17-7-4-15(22)5-8-17/h4-9,11,13-14H,2-3,10,12H2,1H3,(H,25,27). The number of rotatable bonds is 6. The van der Waals surface area contributed by atoms with Crippen LogP contribution in [0.25, 0.3) is 0 Å². The molecule has 1 saturated heterocycles. The molecule has 172 valence electrons. The van der Waals surface area contributed by atoms with Crippen molar-refractivity contribution in [1.82, 2.24) is 4.31 Å². The van der Waals surface area contributed by atoms with E-state index in [2.05, 4.69) is 5.32 Å². The number of amides is 1. The van der Waals surface area contributed by atoms with Crippen LogP contribution in [-0.4, -0.2) is 43.8 Å². The van der Waals surface area contributed by atoms with Gasteiger partial charge >= 0.3 is 5.97 Å². The molecule has 0 radical (unpaired) electrons. The van der Waals surface area contributed by atoms with Crippen LogP contribution in [0.1, 0.15) is 19.8 Å². The fraction of sp³-hybridized carbons (Fsp3) is 0.333. The fourth-order valence-electron chi connectivity index (χ4n) is 3.26. The fourth-order valence-corrected chi connectivity index (χ4v) is 4.78. The number of halogens is 3. The van der Waals surface area contributed by atoms with Gasteiger partial charge in [-0.25, -0.2) is 21.6 Å². The van der Waals surface area contributed by atoms with E-state index in [-0.39, 0.29) is 18.0 Å². The zero-order valence-electron chi connectivity index (χ0n) is 17.1. The van der Waals surface area contributed by atoms with E-state index >= 15 is 0 Å². The van der Waals surface area contributed by atoms with Gasteiger partial charge in [-0.3, -0.25) is 9.59 Å². The molecule has 2 unspecified atom stereocenters. The molecule has 1 fully saturated rings. The topological polar surface area (TPSA) is 92.8 Å². The number of piperidine rings is 1. The third kappa shape index (κ3) is 5.46. The van der Waals surface area contributed by atoms with E-state index in [1.807, 2.05) is 0 Å². The Balaban J connectivity index is 1.62. The van der Waals surface area contributed by atoms with Crippen LogP contribution in [-0.2, 0) is 24.3 Å². The van der Waals surface area contributed by atoms with Crippen LogP contribution in [0.5, 0.6) is 0 Å². The van der Waals surface area contributed by atoms with E-state index in [0.717, 1.165) is 46.8 Å². The minimum Gasteiger partial charge on any atom is -0.452 e. The molecular formula is C21H21F3N2O5S. The van der Waals surface area contributed by atoms with Crippen LogP contribution in [0.3, 0.4) is 0 Å². The Hall–Kier alpha value is -2.92. The average molecular weight is 470 g/mol. The van der Waals surface area contributed by atoms with Gasteiger partial charge in [0.1, 0.15) is 17.5 Å². The molecule has 3 rings (SSSR count). The number of carbonyl (C=O) groups excluding carboxylic acids is 2. The Labute approximate surface area is 183 Å². The van der Waals surface area contributed by atoms with Gasteiger partial charge in [-0.2, -0.15) is 4.31 Å². The quantitative estimate of drug-likeness (QED) is 0.655. The number of esters is 1. The van der Waals surface area contributed by atoms with E-state index in [4.69, 9.17) is 4.74 Å². The molecule has 0 spiro atoms. The van der Waals surface area contributed by atoms with Crippen LogP contribution >= 0.6 is 0 Å². The summed E-state index contributed by atoms with van der Waals surface area (Å²) in [4.78, 5) is 24.6. The molecule has 0 aliphatic carbocycles. The van der Waals surface area contributed by atoms with Gasteiger partial charge in [0, 0.05) is 19.2 Å². The summed E-state index contributed by atoms with van der Waals surface area (Å²) in [5, 5.41) is 2.15. The SMILES string of the molecule is CC(OC(=O)C1CCCN(S(=O)(=O)c2ccc(F)cc2)C1)C(=O)Nc1cc(F)ccc1F. The first-order chi connectivity index (χ1) is 15.1. The molecule has 11 heteroatoms. The molecule has 0 saturated carbocycles. The molecule has 2 aromatic carbocycles. The second kappa shape index (κ2) is 9.70. The third-order valence-corrected chi connectivity index (χ3v) is 6.90. The molecule has 1 amide bonds. The summed E-state index contributed by atoms with van der Waals surface area (Å²) >= 11 is 0. The lowest BCUT2D eigenvalue weighted by molar-refractivity contribution is -0.158. The lowest BCUT2D eigenvalue weighted by Gasteiger charge is -2.31. The monoisotopic (exact) mass is 470 g/mol. The normalized spacial score (nSPS) is 18.1. The van der Waals surface area contributed by atoms with E-state index in [1.54, 1.807) is 0 Å². The van der Waals surface area contributed by atoms with E-state index in [1.165, 1.54) is 6.92 Å². The summed E-state index contributed by atoms with van der Waals surface area (Å²) in [6.45, 7) is 1.28. The summed E-state index contributed by atoms with van der Waals surface area (Å²) in [6, 6.07) is 6.88. The number of ether oxygens (including phenoxy) is 1. The lowest BCUT2D eigenvalue weighted by Crippen LogP contribution is -2.44. The van der Waals surface area contributed by atoms with E-state index in [0.29, 0.717) is 12.8 Å². The van der Waals surface area contributed by atoms with Gasteiger partial charge in [0.05, 0.1) is 16.5 Å². The molecule has 0 bridgehead atoms. The smallest absolute Gasteiger partial charge is 0.311 e. The van der Waals surface area contributed by atoms with Crippen molar-refractivity contribution in [2.24, 2.45) is 5.92 Å². The third-order valence-electron chi connectivity index (χ3n) is 5.02. The molecule has 1 aliphatic heterocycles. The molecular weight excluding hydrogens is 449 g/mol. The molecule has 0 aromatic heterocycles. The number of nitrogens with zero attached hydrogens (tertiary/aromatic N) is 1. The maximum absolute atomic E-state index is 13.7. The second-order valence-corrected chi connectivity index (χ2v) is 9.29. The van der Waals surface area contributed by atoms with Gasteiger partial charge in [0.2, 0.25) is 10.0 Å². The first-order valence-corrected chi connectivity index (χ1v) is 11.2. The number of hydrogen-bond acceptors (Lipinski definition) is 5. The van der Waals surface area contributed by atoms with Crippen LogP contribution in [0, 0.1) is 23.4 Å². The van der Waals surface area contributed by atoms with Gasteiger partial charge in [-0.1, -0.05) is 0 Å². The lowest BCUT2D eigenvalue weighted by atomic mass is 10.00. The van der Waals surface area contributed by atoms with Gasteiger partial charge in [-0.05, 0) is 56.2 Å². The highest BCUT2D eigenvalue weighted by Crippen LogP contribution is 2.25. The van der Waals surface area contributed by atoms with Crippen molar-refractivity contribution in [3.63, 3.8) is 0 Å². The number of sulfonamides is 1. The zero-order valence-corrected chi connectivity index (χ0v) is 17.9. The molecule has 2 aromatic rings. The summed E-state index contributed by atoms with van der Waals surface area (Å²) in [5.74, 6) is -4.65. The molecule has 32 heavy (non-hydrogen) atoms. The molecule has 2 atom stereocenters. The second-order valence-electron chi connectivity index (χ2n) is 7.35. The minimum absolute atomic E-state index is 0.0993. The molecule has 7 nitrogen and oxygen atoms in total. The predicted molar refractivity (Wildman–Crippen MR) is 108 cm³/mol. The summed E-state index contributed by atoms with van der Waals surface area (Å²) in [5.41, 5.74) is -0.396. The van der Waals surface area contributed by atoms with Gasteiger partial charge in [-0.15, -0.1) is 0 Å². The Bertz CT molecular complexity index is 1110. The van der Waals surface area contributed by atoms with Gasteiger partial charge in [0.15, 0.2) is 6.10 Å². The summed E-state index contributed by atoms with van der Waals surface area (Å²) < 4.78 is 71.9. The first kappa shape index (κ1) is 23.7. The highest BCUT2D eigenvalue weighted by Gasteiger charge is 2.35. The number of benzene rings is 2. The van der Waals surface area contributed by atoms with Crippen LogP contribution in [0.4, 0.5) is 18.9 Å². The molecule has 1 N–H and O–H groups in total. The first-order valence-electron chi connectivity index (χ1n) is 9.80. The molecule has 1 heterocycles. The summed E-state index contributed by atoms with van der Waals surface area (Å²) in [7, 11) is -3.94. The number of hydrogen-bond donors (Lipinski definition) is 1. The maximum Gasteiger partial charge on any atom is 0.311 e. The minimum atomic E-state index is -3.94. The zero-order chi connectivity index (χ0) is 23.5. The Kier molecular flexibility index (Phi) is 7.19. The van der Waals surface area contributed by atoms with E-state index in [9.17, 15) is 31.2 Å². The Morgan fingerprint density at radius 2 is 1.75 bits per heavy atom. The number of anilines is 1. The Morgan fingerprint density at radius 3 is 2.44 bits per heavy atom. The maximum atomic E-state index is 13.7. The van der Waals surface area contributed by atoms with Crippen molar-refractivity contribution < 1.29 is 35.9 Å². The largest absolute Gasteiger partial charge is 0.452 e. The highest BCUT2D eigenvalue weighted by atomic mass is 32.2. The molecule has 1 aliphatic rings. The van der Waals surface area contributed by atoms with Crippen molar-refractivity contribution in [1.29, 1.82) is 0 Å². The van der Waals surface area contributed by atoms with Crippen molar-refractivity contribution in [2.75, 3.05) is 18.4 Å². The predicted octanol–water partition coefficient (Wildman–Crippen LogP) is 3.08. The van der Waals surface area contributed by atoms with E-state index < -0.39 is 57.1 Å². The highest BCUT2D eigenvalue weighted by molar-refractivity contribution is 7.89. The Morgan fingerprint density at radius 1 is 1.09 bits per heavy atom. The van der Waals surface area contributed by atoms with Crippen LogP contribution in [0.15, 0.2) is 47.4 Å². The number of carbonyl (C=O) groups is 2. The van der Waals surface area contributed by atoms with Crippen molar-refractivity contribution in [3.8, 4) is 0 Å². The average Bonchev–Trinajstić information content (AvgIpc) is 2.76. The van der Waals surface area contributed by atoms with Crippen molar-refractivity contribution >= 4 is 27.6 Å². The van der Waals surface area contributed by atoms with Gasteiger partial charge in [0.25, 0.3) is 5.91 Å².